The van der Waals surface area contributed by atoms with Crippen LogP contribution in [0.15, 0.2) is 48.5 Å². The molecular formula is C22H24FN3O4. The van der Waals surface area contributed by atoms with Crippen LogP contribution < -0.4 is 4.74 Å². The normalized spacial score (nSPS) is 13.7. The Kier molecular flexibility index (Phi) is 6.66. The first kappa shape index (κ1) is 21.3. The molecule has 1 saturated heterocycles. The zero-order valence-electron chi connectivity index (χ0n) is 17.0. The Labute approximate surface area is 174 Å². The van der Waals surface area contributed by atoms with Crippen LogP contribution in [0.25, 0.3) is 0 Å². The molecular weight excluding hydrogens is 389 g/mol. The third-order valence-corrected chi connectivity index (χ3v) is 4.91. The third kappa shape index (κ3) is 4.94. The fourth-order valence-electron chi connectivity index (χ4n) is 3.10. The average Bonchev–Trinajstić information content (AvgIpc) is 2.77. The molecule has 0 aromatic heterocycles. The number of rotatable bonds is 5. The van der Waals surface area contributed by atoms with Crippen molar-refractivity contribution in [3.63, 3.8) is 0 Å². The minimum atomic E-state index is -0.393. The molecule has 0 spiro atoms. The van der Waals surface area contributed by atoms with E-state index < -0.39 is 5.82 Å². The van der Waals surface area contributed by atoms with Crippen molar-refractivity contribution in [2.24, 2.45) is 0 Å². The lowest BCUT2D eigenvalue weighted by atomic mass is 10.1. The van der Waals surface area contributed by atoms with Crippen LogP contribution in [0.5, 0.6) is 5.75 Å². The van der Waals surface area contributed by atoms with E-state index in [0.29, 0.717) is 43.1 Å². The van der Waals surface area contributed by atoms with Crippen molar-refractivity contribution < 1.29 is 23.5 Å². The second-order valence-electron chi connectivity index (χ2n) is 7.16. The van der Waals surface area contributed by atoms with E-state index in [9.17, 15) is 18.8 Å². The molecule has 0 aliphatic carbocycles. The zero-order chi connectivity index (χ0) is 21.7. The summed E-state index contributed by atoms with van der Waals surface area (Å²) in [4.78, 5) is 42.1. The molecule has 1 fully saturated rings. The Hall–Kier alpha value is -3.42. The van der Waals surface area contributed by atoms with Crippen molar-refractivity contribution in [1.29, 1.82) is 0 Å². The van der Waals surface area contributed by atoms with E-state index in [4.69, 9.17) is 4.74 Å². The molecule has 8 heteroatoms. The maximum atomic E-state index is 13.1. The summed E-state index contributed by atoms with van der Waals surface area (Å²) >= 11 is 0. The smallest absolute Gasteiger partial charge is 0.259 e. The maximum absolute atomic E-state index is 13.1. The van der Waals surface area contributed by atoms with Gasteiger partial charge in [-0.15, -0.1) is 0 Å². The fourth-order valence-corrected chi connectivity index (χ4v) is 3.10. The molecule has 1 aliphatic heterocycles. The van der Waals surface area contributed by atoms with E-state index in [1.807, 2.05) is 0 Å². The van der Waals surface area contributed by atoms with Gasteiger partial charge in [-0.25, -0.2) is 4.39 Å². The molecule has 2 aromatic carbocycles. The lowest BCUT2D eigenvalue weighted by Gasteiger charge is -2.35. The highest BCUT2D eigenvalue weighted by Gasteiger charge is 2.27. The minimum Gasteiger partial charge on any atom is -0.483 e. The fraction of sp³-hybridized carbons (Fsp3) is 0.318. The third-order valence-electron chi connectivity index (χ3n) is 4.91. The SMILES string of the molecule is CN(C)C(=O)COc1ccccc1C(=O)N1CCN(C(=O)c2ccc(F)cc2)CC1. The largest absolute Gasteiger partial charge is 0.483 e. The number of piperazine rings is 1. The molecule has 0 saturated carbocycles. The van der Waals surface area contributed by atoms with Crippen molar-refractivity contribution in [2.75, 3.05) is 46.9 Å². The lowest BCUT2D eigenvalue weighted by molar-refractivity contribution is -0.130. The van der Waals surface area contributed by atoms with Crippen LogP contribution in [0.2, 0.25) is 0 Å². The standard InChI is InChI=1S/C22H24FN3O4/c1-24(2)20(27)15-30-19-6-4-3-5-18(19)22(29)26-13-11-25(12-14-26)21(28)16-7-9-17(23)10-8-16/h3-10H,11-15H2,1-2H3. The molecule has 30 heavy (non-hydrogen) atoms. The number of carbonyl (C=O) groups is 3. The Morgan fingerprint density at radius 3 is 2.07 bits per heavy atom. The van der Waals surface area contributed by atoms with Crippen molar-refractivity contribution >= 4 is 17.7 Å². The van der Waals surface area contributed by atoms with Crippen LogP contribution in [-0.4, -0.2) is 79.3 Å². The van der Waals surface area contributed by atoms with Crippen molar-refractivity contribution in [3.8, 4) is 5.75 Å². The number of hydrogen-bond donors (Lipinski definition) is 0. The molecule has 0 bridgehead atoms. The van der Waals surface area contributed by atoms with E-state index >= 15 is 0 Å². The molecule has 158 valence electrons. The van der Waals surface area contributed by atoms with Gasteiger partial charge >= 0.3 is 0 Å². The Balaban J connectivity index is 1.62. The highest BCUT2D eigenvalue weighted by atomic mass is 19.1. The molecule has 0 atom stereocenters. The minimum absolute atomic E-state index is 0.156. The van der Waals surface area contributed by atoms with Gasteiger partial charge in [0.1, 0.15) is 11.6 Å². The van der Waals surface area contributed by atoms with Gasteiger partial charge < -0.3 is 19.4 Å². The van der Waals surface area contributed by atoms with Crippen molar-refractivity contribution in [2.45, 2.75) is 0 Å². The Morgan fingerprint density at radius 2 is 1.47 bits per heavy atom. The highest BCUT2D eigenvalue weighted by molar-refractivity contribution is 5.98. The Morgan fingerprint density at radius 1 is 0.900 bits per heavy atom. The number of carbonyl (C=O) groups excluding carboxylic acids is 3. The van der Waals surface area contributed by atoms with E-state index in [0.717, 1.165) is 0 Å². The van der Waals surface area contributed by atoms with Gasteiger partial charge in [-0.05, 0) is 36.4 Å². The van der Waals surface area contributed by atoms with Crippen LogP contribution in [0.3, 0.4) is 0 Å². The topological polar surface area (TPSA) is 70.2 Å². The second kappa shape index (κ2) is 9.39. The summed E-state index contributed by atoms with van der Waals surface area (Å²) in [5.74, 6) is -0.646. The van der Waals surface area contributed by atoms with E-state index in [2.05, 4.69) is 0 Å². The molecule has 1 heterocycles. The van der Waals surface area contributed by atoms with Crippen LogP contribution in [0, 0.1) is 5.82 Å². The molecule has 1 aliphatic rings. The molecule has 0 N–H and O–H groups in total. The van der Waals surface area contributed by atoms with Crippen LogP contribution in [0.4, 0.5) is 4.39 Å². The Bertz CT molecular complexity index is 922. The van der Waals surface area contributed by atoms with Gasteiger partial charge in [-0.1, -0.05) is 12.1 Å². The zero-order valence-corrected chi connectivity index (χ0v) is 17.0. The number of para-hydroxylation sites is 1. The predicted molar refractivity (Wildman–Crippen MR) is 109 cm³/mol. The molecule has 2 aromatic rings. The monoisotopic (exact) mass is 413 g/mol. The van der Waals surface area contributed by atoms with Crippen LogP contribution >= 0.6 is 0 Å². The van der Waals surface area contributed by atoms with Crippen LogP contribution in [0.1, 0.15) is 20.7 Å². The number of hydrogen-bond acceptors (Lipinski definition) is 4. The summed E-state index contributed by atoms with van der Waals surface area (Å²) in [5, 5.41) is 0. The van der Waals surface area contributed by atoms with Gasteiger partial charge in [0.2, 0.25) is 0 Å². The van der Waals surface area contributed by atoms with Crippen molar-refractivity contribution in [3.05, 3.63) is 65.5 Å². The van der Waals surface area contributed by atoms with Gasteiger partial charge in [0.15, 0.2) is 6.61 Å². The molecule has 0 radical (unpaired) electrons. The van der Waals surface area contributed by atoms with E-state index in [1.165, 1.54) is 29.2 Å². The number of halogens is 1. The summed E-state index contributed by atoms with van der Waals surface area (Å²) in [6.07, 6.45) is 0. The van der Waals surface area contributed by atoms with Crippen LogP contribution in [-0.2, 0) is 4.79 Å². The van der Waals surface area contributed by atoms with Crippen molar-refractivity contribution in [1.82, 2.24) is 14.7 Å². The van der Waals surface area contributed by atoms with Gasteiger partial charge in [-0.2, -0.15) is 0 Å². The lowest BCUT2D eigenvalue weighted by Crippen LogP contribution is -2.50. The molecule has 0 unspecified atom stereocenters. The number of nitrogens with zero attached hydrogens (tertiary/aromatic N) is 3. The summed E-state index contributed by atoms with van der Waals surface area (Å²) in [6.45, 7) is 1.35. The summed E-state index contributed by atoms with van der Waals surface area (Å²) in [5.41, 5.74) is 0.794. The van der Waals surface area contributed by atoms with E-state index in [1.54, 1.807) is 48.2 Å². The van der Waals surface area contributed by atoms with Gasteiger partial charge in [-0.3, -0.25) is 14.4 Å². The summed E-state index contributed by atoms with van der Waals surface area (Å²) in [6, 6.07) is 12.2. The first-order valence-electron chi connectivity index (χ1n) is 9.63. The number of benzene rings is 2. The highest BCUT2D eigenvalue weighted by Crippen LogP contribution is 2.21. The molecule has 7 nitrogen and oxygen atoms in total. The first-order valence-corrected chi connectivity index (χ1v) is 9.63. The van der Waals surface area contributed by atoms with Gasteiger partial charge in [0.25, 0.3) is 17.7 Å². The summed E-state index contributed by atoms with van der Waals surface area (Å²) < 4.78 is 18.6. The molecule has 3 rings (SSSR count). The van der Waals surface area contributed by atoms with Gasteiger partial charge in [0.05, 0.1) is 5.56 Å². The average molecular weight is 413 g/mol. The number of amides is 3. The summed E-state index contributed by atoms with van der Waals surface area (Å²) in [7, 11) is 3.27. The second-order valence-corrected chi connectivity index (χ2v) is 7.16. The van der Waals surface area contributed by atoms with Gasteiger partial charge in [0, 0.05) is 45.8 Å². The maximum Gasteiger partial charge on any atom is 0.259 e. The molecule has 3 amide bonds. The first-order chi connectivity index (χ1) is 14.4. The number of likely N-dealkylation sites (N-methyl/N-ethyl adjacent to an activating group) is 1. The predicted octanol–water partition coefficient (Wildman–Crippen LogP) is 1.89. The quantitative estimate of drug-likeness (QED) is 0.751. The number of ether oxygens (including phenoxy) is 1. The van der Waals surface area contributed by atoms with E-state index in [-0.39, 0.29) is 24.3 Å².